The van der Waals surface area contributed by atoms with Gasteiger partial charge in [-0.25, -0.2) is 4.39 Å². The lowest BCUT2D eigenvalue weighted by molar-refractivity contribution is 0.116. The maximum absolute atomic E-state index is 14.3. The summed E-state index contributed by atoms with van der Waals surface area (Å²) >= 11 is 0. The fourth-order valence-corrected chi connectivity index (χ4v) is 2.47. The van der Waals surface area contributed by atoms with Gasteiger partial charge in [0, 0.05) is 17.8 Å². The molecule has 3 heterocycles. The van der Waals surface area contributed by atoms with Crippen LogP contribution in [0.1, 0.15) is 18.0 Å². The Morgan fingerprint density at radius 3 is 2.70 bits per heavy atom. The molecule has 1 aromatic carbocycles. The number of halogens is 3. The second kappa shape index (κ2) is 7.02. The summed E-state index contributed by atoms with van der Waals surface area (Å²) in [5, 5.41) is 7.56. The Morgan fingerprint density at radius 2 is 1.93 bits per heavy atom. The van der Waals surface area contributed by atoms with Crippen molar-refractivity contribution in [3.05, 3.63) is 66.2 Å². The molecule has 0 aliphatic heterocycles. The van der Waals surface area contributed by atoms with E-state index >= 15 is 0 Å². The monoisotopic (exact) mass is 372 g/mol. The summed E-state index contributed by atoms with van der Waals surface area (Å²) in [5.74, 6) is -1.25. The first-order valence-corrected chi connectivity index (χ1v) is 7.84. The number of pyridine rings is 2. The van der Waals surface area contributed by atoms with Gasteiger partial charge in [-0.2, -0.15) is 8.78 Å². The zero-order chi connectivity index (χ0) is 18.8. The highest BCUT2D eigenvalue weighted by Gasteiger charge is 2.18. The lowest BCUT2D eigenvalue weighted by Crippen LogP contribution is -2.02. The average molecular weight is 372 g/mol. The fourth-order valence-electron chi connectivity index (χ4n) is 2.47. The molecule has 0 spiro atoms. The molecular weight excluding hydrogens is 361 g/mol. The molecule has 27 heavy (non-hydrogen) atoms. The third kappa shape index (κ3) is 3.43. The summed E-state index contributed by atoms with van der Waals surface area (Å²) in [7, 11) is 0. The Balaban J connectivity index is 1.54. The van der Waals surface area contributed by atoms with Gasteiger partial charge in [-0.15, -0.1) is 10.2 Å². The topological polar surface area (TPSA) is 73.9 Å². The van der Waals surface area contributed by atoms with E-state index in [1.54, 1.807) is 12.3 Å². The molecule has 136 valence electrons. The van der Waals surface area contributed by atoms with Crippen molar-refractivity contribution in [2.24, 2.45) is 0 Å². The van der Waals surface area contributed by atoms with Crippen molar-refractivity contribution >= 4 is 10.9 Å². The normalized spacial score (nSPS) is 11.3. The molecule has 0 fully saturated rings. The van der Waals surface area contributed by atoms with Gasteiger partial charge in [0.15, 0.2) is 0 Å². The van der Waals surface area contributed by atoms with Gasteiger partial charge < -0.3 is 9.15 Å². The van der Waals surface area contributed by atoms with Gasteiger partial charge in [0.25, 0.3) is 5.89 Å². The number of ether oxygens (including phenoxy) is 1. The molecule has 0 atom stereocenters. The molecule has 0 unspecified atom stereocenters. The van der Waals surface area contributed by atoms with E-state index in [9.17, 15) is 13.2 Å². The Bertz CT molecular complexity index is 1100. The van der Waals surface area contributed by atoms with Gasteiger partial charge in [0.05, 0.1) is 5.56 Å². The van der Waals surface area contributed by atoms with Gasteiger partial charge in [0.2, 0.25) is 5.89 Å². The highest BCUT2D eigenvalue weighted by Crippen LogP contribution is 2.26. The third-order valence-electron chi connectivity index (χ3n) is 3.75. The average Bonchev–Trinajstić information content (AvgIpc) is 3.17. The van der Waals surface area contributed by atoms with E-state index < -0.39 is 18.1 Å². The maximum Gasteiger partial charge on any atom is 0.314 e. The zero-order valence-corrected chi connectivity index (χ0v) is 13.6. The molecule has 6 nitrogen and oxygen atoms in total. The summed E-state index contributed by atoms with van der Waals surface area (Å²) in [5.41, 5.74) is 0.796. The summed E-state index contributed by atoms with van der Waals surface area (Å²) in [6.45, 7) is -0.131. The molecular formula is C18H11F3N4O2. The minimum absolute atomic E-state index is 0.0419. The molecule has 0 aliphatic rings. The van der Waals surface area contributed by atoms with E-state index in [1.807, 2.05) is 24.3 Å². The molecule has 0 saturated heterocycles. The van der Waals surface area contributed by atoms with Crippen molar-refractivity contribution in [3.63, 3.8) is 0 Å². The Kier molecular flexibility index (Phi) is 4.41. The molecule has 0 amide bonds. The molecule has 0 aliphatic carbocycles. The first-order chi connectivity index (χ1) is 13.1. The summed E-state index contributed by atoms with van der Waals surface area (Å²) in [6.07, 6.45) is -0.00160. The first kappa shape index (κ1) is 17.0. The molecule has 0 saturated carbocycles. The maximum atomic E-state index is 14.3. The highest BCUT2D eigenvalue weighted by molar-refractivity contribution is 5.84. The van der Waals surface area contributed by atoms with Gasteiger partial charge in [0.1, 0.15) is 29.4 Å². The van der Waals surface area contributed by atoms with E-state index in [0.717, 1.165) is 11.5 Å². The SMILES string of the molecule is Fc1cc(-c2nnc(C(F)F)o2)cnc1COc1cccc2cccnc12. The minimum Gasteiger partial charge on any atom is -0.485 e. The van der Waals surface area contributed by atoms with Crippen molar-refractivity contribution in [3.8, 4) is 17.2 Å². The summed E-state index contributed by atoms with van der Waals surface area (Å²) < 4.78 is 49.8. The van der Waals surface area contributed by atoms with Gasteiger partial charge in [-0.3, -0.25) is 9.97 Å². The molecule has 3 aromatic heterocycles. The van der Waals surface area contributed by atoms with Gasteiger partial charge >= 0.3 is 6.43 Å². The minimum atomic E-state index is -2.90. The molecule has 4 aromatic rings. The molecule has 0 radical (unpaired) electrons. The zero-order valence-electron chi connectivity index (χ0n) is 13.6. The van der Waals surface area contributed by atoms with Crippen LogP contribution in [0.25, 0.3) is 22.4 Å². The number of aromatic nitrogens is 4. The van der Waals surface area contributed by atoms with Crippen molar-refractivity contribution < 1.29 is 22.3 Å². The van der Waals surface area contributed by atoms with Crippen molar-refractivity contribution in [2.75, 3.05) is 0 Å². The lowest BCUT2D eigenvalue weighted by atomic mass is 10.2. The Labute approximate surface area is 150 Å². The van der Waals surface area contributed by atoms with Gasteiger partial charge in [-0.1, -0.05) is 18.2 Å². The standard InChI is InChI=1S/C18H11F3N4O2/c19-12-7-11(17-24-25-18(27-17)16(20)21)8-23-13(12)9-26-14-5-1-3-10-4-2-6-22-15(10)14/h1-8,16H,9H2. The van der Waals surface area contributed by atoms with Crippen LogP contribution in [-0.4, -0.2) is 20.2 Å². The number of nitrogens with zero attached hydrogens (tertiary/aromatic N) is 4. The fraction of sp³-hybridized carbons (Fsp3) is 0.111. The van der Waals surface area contributed by atoms with E-state index in [1.165, 1.54) is 6.20 Å². The third-order valence-corrected chi connectivity index (χ3v) is 3.75. The number of alkyl halides is 2. The van der Waals surface area contributed by atoms with Gasteiger partial charge in [-0.05, 0) is 18.2 Å². The largest absolute Gasteiger partial charge is 0.485 e. The number of hydrogen-bond acceptors (Lipinski definition) is 6. The van der Waals surface area contributed by atoms with E-state index in [2.05, 4.69) is 20.2 Å². The van der Waals surface area contributed by atoms with Crippen LogP contribution in [0.5, 0.6) is 5.75 Å². The number of benzene rings is 1. The number of fused-ring (bicyclic) bond motifs is 1. The van der Waals surface area contributed by atoms with Crippen molar-refractivity contribution in [1.82, 2.24) is 20.2 Å². The smallest absolute Gasteiger partial charge is 0.314 e. The highest BCUT2D eigenvalue weighted by atomic mass is 19.3. The molecule has 4 rings (SSSR count). The van der Waals surface area contributed by atoms with E-state index in [4.69, 9.17) is 9.15 Å². The molecule has 9 heteroatoms. The lowest BCUT2D eigenvalue weighted by Gasteiger charge is -2.09. The number of hydrogen-bond donors (Lipinski definition) is 0. The van der Waals surface area contributed by atoms with Crippen LogP contribution in [0, 0.1) is 5.82 Å². The van der Waals surface area contributed by atoms with Crippen molar-refractivity contribution in [2.45, 2.75) is 13.0 Å². The van der Waals surface area contributed by atoms with Crippen LogP contribution in [0.3, 0.4) is 0 Å². The van der Waals surface area contributed by atoms with Crippen LogP contribution < -0.4 is 4.74 Å². The van der Waals surface area contributed by atoms with Crippen LogP contribution in [0.15, 0.2) is 53.2 Å². The van der Waals surface area contributed by atoms with E-state index in [0.29, 0.717) is 11.3 Å². The predicted octanol–water partition coefficient (Wildman–Crippen LogP) is 4.34. The van der Waals surface area contributed by atoms with Crippen LogP contribution >= 0.6 is 0 Å². The van der Waals surface area contributed by atoms with Crippen molar-refractivity contribution in [1.29, 1.82) is 0 Å². The summed E-state index contributed by atoms with van der Waals surface area (Å²) in [4.78, 5) is 8.23. The van der Waals surface area contributed by atoms with Crippen LogP contribution in [-0.2, 0) is 6.61 Å². The Morgan fingerprint density at radius 1 is 1.07 bits per heavy atom. The molecule has 0 N–H and O–H groups in total. The van der Waals surface area contributed by atoms with Crippen LogP contribution in [0.4, 0.5) is 13.2 Å². The first-order valence-electron chi connectivity index (χ1n) is 7.84. The quantitative estimate of drug-likeness (QED) is 0.519. The Hall–Kier alpha value is -3.49. The summed E-state index contributed by atoms with van der Waals surface area (Å²) in [6, 6.07) is 10.2. The predicted molar refractivity (Wildman–Crippen MR) is 88.5 cm³/mol. The van der Waals surface area contributed by atoms with Crippen LogP contribution in [0.2, 0.25) is 0 Å². The molecule has 0 bridgehead atoms. The number of para-hydroxylation sites is 1. The second-order valence-corrected chi connectivity index (χ2v) is 5.52. The number of rotatable bonds is 5. The second-order valence-electron chi connectivity index (χ2n) is 5.52. The van der Waals surface area contributed by atoms with E-state index in [-0.39, 0.29) is 23.8 Å².